The molecule has 2 N–H and O–H groups in total. The smallest absolute Gasteiger partial charge is 0.336 e. The Morgan fingerprint density at radius 1 is 1.12 bits per heavy atom. The Labute approximate surface area is 197 Å². The first-order chi connectivity index (χ1) is 16.1. The van der Waals surface area contributed by atoms with Gasteiger partial charge in [0.15, 0.2) is 6.29 Å². The number of carbonyl (C=O) groups is 2. The largest absolute Gasteiger partial charge is 0.478 e. The van der Waals surface area contributed by atoms with Gasteiger partial charge in [0.2, 0.25) is 0 Å². The van der Waals surface area contributed by atoms with E-state index in [0.29, 0.717) is 28.7 Å². The molecular formula is C24H31N3O7. The fraction of sp³-hybridized carbons (Fsp3) is 0.500. The summed E-state index contributed by atoms with van der Waals surface area (Å²) in [5.74, 6) is -2.88. The average molecular weight is 474 g/mol. The number of allylic oxidation sites excluding steroid dienone is 1. The van der Waals surface area contributed by atoms with Crippen LogP contribution < -0.4 is 5.32 Å². The van der Waals surface area contributed by atoms with Crippen molar-refractivity contribution in [3.8, 4) is 0 Å². The van der Waals surface area contributed by atoms with E-state index < -0.39 is 24.1 Å². The molecule has 34 heavy (non-hydrogen) atoms. The summed E-state index contributed by atoms with van der Waals surface area (Å²) in [6.07, 6.45) is -0.894. The Kier molecular flexibility index (Phi) is 8.06. The van der Waals surface area contributed by atoms with Gasteiger partial charge in [-0.1, -0.05) is 19.1 Å². The molecular weight excluding hydrogens is 442 g/mol. The van der Waals surface area contributed by atoms with Crippen LogP contribution in [0.5, 0.6) is 0 Å². The van der Waals surface area contributed by atoms with Gasteiger partial charge in [0.05, 0.1) is 41.6 Å². The van der Waals surface area contributed by atoms with Gasteiger partial charge in [-0.2, -0.15) is 0 Å². The predicted octanol–water partition coefficient (Wildman–Crippen LogP) is 3.65. The molecule has 10 heteroatoms. The van der Waals surface area contributed by atoms with Crippen molar-refractivity contribution in [2.24, 2.45) is 0 Å². The monoisotopic (exact) mass is 473 g/mol. The molecule has 3 rings (SSSR count). The van der Waals surface area contributed by atoms with Crippen LogP contribution in [0.4, 0.5) is 0 Å². The minimum absolute atomic E-state index is 0.101. The molecule has 1 atom stereocenters. The van der Waals surface area contributed by atoms with Crippen LogP contribution in [0, 0.1) is 0 Å². The lowest BCUT2D eigenvalue weighted by Crippen LogP contribution is -2.40. The summed E-state index contributed by atoms with van der Waals surface area (Å²) < 4.78 is 22.2. The zero-order chi connectivity index (χ0) is 25.0. The van der Waals surface area contributed by atoms with Crippen molar-refractivity contribution >= 4 is 23.0 Å². The van der Waals surface area contributed by atoms with Crippen LogP contribution in [0.25, 0.3) is 11.0 Å². The number of hydrogen-bond donors (Lipinski definition) is 2. The number of rotatable bonds is 10. The second kappa shape index (κ2) is 10.8. The number of hydrogen-bond acceptors (Lipinski definition) is 9. The van der Waals surface area contributed by atoms with E-state index in [0.717, 1.165) is 0 Å². The first kappa shape index (κ1) is 25.4. The molecule has 10 nitrogen and oxygen atoms in total. The molecule has 0 fully saturated rings. The van der Waals surface area contributed by atoms with E-state index in [4.69, 9.17) is 18.8 Å². The Hall–Kier alpha value is -3.24. The zero-order valence-electron chi connectivity index (χ0n) is 20.2. The van der Waals surface area contributed by atoms with Crippen LogP contribution in [-0.4, -0.2) is 52.5 Å². The number of carboxylic acids is 1. The van der Waals surface area contributed by atoms with E-state index in [1.165, 1.54) is 0 Å². The van der Waals surface area contributed by atoms with Gasteiger partial charge in [0, 0.05) is 5.70 Å². The highest BCUT2D eigenvalue weighted by molar-refractivity contribution is 6.00. The van der Waals surface area contributed by atoms with E-state index in [-0.39, 0.29) is 35.7 Å². The summed E-state index contributed by atoms with van der Waals surface area (Å²) in [4.78, 5) is 25.9. The summed E-state index contributed by atoms with van der Waals surface area (Å²) in [7, 11) is 0. The van der Waals surface area contributed by atoms with E-state index in [1.807, 2.05) is 34.6 Å². The normalized spacial score (nSPS) is 16.7. The van der Waals surface area contributed by atoms with E-state index in [1.54, 1.807) is 25.1 Å². The Bertz CT molecular complexity index is 1110. The number of fused-ring (bicyclic) bond motifs is 1. The summed E-state index contributed by atoms with van der Waals surface area (Å²) in [6, 6.07) is 5.10. The number of ether oxygens (including phenoxy) is 3. The fourth-order valence-corrected chi connectivity index (χ4v) is 3.85. The highest BCUT2D eigenvalue weighted by Gasteiger charge is 2.42. The van der Waals surface area contributed by atoms with Crippen molar-refractivity contribution in [3.05, 3.63) is 46.3 Å². The topological polar surface area (TPSA) is 133 Å². The van der Waals surface area contributed by atoms with Crippen LogP contribution in [0.2, 0.25) is 0 Å². The molecule has 2 heterocycles. The van der Waals surface area contributed by atoms with Crippen LogP contribution in [0.15, 0.2) is 45.4 Å². The third kappa shape index (κ3) is 5.28. The molecule has 0 amide bonds. The number of aliphatic carboxylic acids is 1. The molecule has 2 aromatic rings. The van der Waals surface area contributed by atoms with Crippen molar-refractivity contribution < 1.29 is 33.5 Å². The molecule has 0 radical (unpaired) electrons. The number of nitrogens with zero attached hydrogens (tertiary/aromatic N) is 2. The first-order valence-electron chi connectivity index (χ1n) is 11.3. The van der Waals surface area contributed by atoms with Gasteiger partial charge in [-0.05, 0) is 63.0 Å². The molecule has 0 aliphatic carbocycles. The van der Waals surface area contributed by atoms with Crippen molar-refractivity contribution in [1.29, 1.82) is 0 Å². The number of aromatic nitrogens is 2. The van der Waals surface area contributed by atoms with Crippen LogP contribution in [0.3, 0.4) is 0 Å². The fourth-order valence-electron chi connectivity index (χ4n) is 3.85. The van der Waals surface area contributed by atoms with Gasteiger partial charge < -0.3 is 24.6 Å². The maximum atomic E-state index is 13.2. The SMILES string of the molecule is CCCOC(=O)C1=C(C)NC(C(OC(C)C)OC(C)C)=C(C(=O)O)C1c1cccc2nonc12. The molecule has 0 bridgehead atoms. The number of dihydropyridines is 1. The maximum Gasteiger partial charge on any atom is 0.336 e. The number of carbonyl (C=O) groups excluding carboxylic acids is 1. The van der Waals surface area contributed by atoms with Crippen LogP contribution in [-0.2, 0) is 23.8 Å². The number of carboxylic acid groups (broad SMARTS) is 1. The maximum absolute atomic E-state index is 13.2. The Morgan fingerprint density at radius 3 is 2.38 bits per heavy atom. The lowest BCUT2D eigenvalue weighted by atomic mass is 9.79. The molecule has 1 aliphatic heterocycles. The van der Waals surface area contributed by atoms with Crippen LogP contribution >= 0.6 is 0 Å². The van der Waals surface area contributed by atoms with Gasteiger partial charge in [0.25, 0.3) is 0 Å². The second-order valence-electron chi connectivity index (χ2n) is 8.55. The summed E-state index contributed by atoms with van der Waals surface area (Å²) in [6.45, 7) is 11.1. The first-order valence-corrected chi connectivity index (χ1v) is 11.3. The summed E-state index contributed by atoms with van der Waals surface area (Å²) in [5, 5.41) is 21.3. The molecule has 0 spiro atoms. The minimum atomic E-state index is -1.24. The molecule has 1 aliphatic rings. The average Bonchev–Trinajstić information content (AvgIpc) is 3.24. The second-order valence-corrected chi connectivity index (χ2v) is 8.55. The zero-order valence-corrected chi connectivity index (χ0v) is 20.2. The minimum Gasteiger partial charge on any atom is -0.478 e. The van der Waals surface area contributed by atoms with Crippen molar-refractivity contribution in [1.82, 2.24) is 15.6 Å². The van der Waals surface area contributed by atoms with Crippen molar-refractivity contribution in [3.63, 3.8) is 0 Å². The standard InChI is InChI=1S/C24H31N3O7/c1-7-11-31-23(30)17-14(6)25-21(24(32-12(2)3)33-13(4)5)19(22(28)29)18(17)15-9-8-10-16-20(15)27-34-26-16/h8-10,12-13,18,24-25H,7,11H2,1-6H3,(H,28,29). The lowest BCUT2D eigenvalue weighted by molar-refractivity contribution is -0.163. The number of esters is 1. The van der Waals surface area contributed by atoms with E-state index in [2.05, 4.69) is 15.6 Å². The van der Waals surface area contributed by atoms with Crippen molar-refractivity contribution in [2.75, 3.05) is 6.61 Å². The molecule has 1 aromatic heterocycles. The van der Waals surface area contributed by atoms with Gasteiger partial charge in [0.1, 0.15) is 11.0 Å². The van der Waals surface area contributed by atoms with E-state index >= 15 is 0 Å². The van der Waals surface area contributed by atoms with Gasteiger partial charge in [-0.25, -0.2) is 14.2 Å². The highest BCUT2D eigenvalue weighted by Crippen LogP contribution is 2.42. The molecule has 1 unspecified atom stereocenters. The van der Waals surface area contributed by atoms with Crippen LogP contribution in [0.1, 0.15) is 59.4 Å². The summed E-state index contributed by atoms with van der Waals surface area (Å²) in [5.41, 5.74) is 1.95. The predicted molar refractivity (Wildman–Crippen MR) is 123 cm³/mol. The molecule has 1 aromatic carbocycles. The van der Waals surface area contributed by atoms with E-state index in [9.17, 15) is 14.7 Å². The van der Waals surface area contributed by atoms with Gasteiger partial charge in [-0.15, -0.1) is 0 Å². The highest BCUT2D eigenvalue weighted by atomic mass is 16.7. The summed E-state index contributed by atoms with van der Waals surface area (Å²) >= 11 is 0. The van der Waals surface area contributed by atoms with Gasteiger partial charge >= 0.3 is 11.9 Å². The number of nitrogens with one attached hydrogen (secondary N) is 1. The van der Waals surface area contributed by atoms with Crippen molar-refractivity contribution in [2.45, 2.75) is 72.4 Å². The quantitative estimate of drug-likeness (QED) is 0.389. The Balaban J connectivity index is 2.28. The molecule has 184 valence electrons. The molecule has 0 saturated carbocycles. The molecule has 0 saturated heterocycles. The third-order valence-electron chi connectivity index (χ3n) is 5.14. The number of benzene rings is 1. The Morgan fingerprint density at radius 2 is 1.79 bits per heavy atom. The third-order valence-corrected chi connectivity index (χ3v) is 5.14. The lowest BCUT2D eigenvalue weighted by Gasteiger charge is -2.34. The van der Waals surface area contributed by atoms with Gasteiger partial charge in [-0.3, -0.25) is 0 Å².